The topological polar surface area (TPSA) is 57.4 Å². The van der Waals surface area contributed by atoms with Crippen LogP contribution >= 0.6 is 11.8 Å². The summed E-state index contributed by atoms with van der Waals surface area (Å²) in [4.78, 5) is 0. The van der Waals surface area contributed by atoms with E-state index in [-0.39, 0.29) is 6.61 Å². The summed E-state index contributed by atoms with van der Waals surface area (Å²) < 4.78 is 16.3. The Morgan fingerprint density at radius 3 is 2.38 bits per heavy atom. The van der Waals surface area contributed by atoms with Crippen LogP contribution in [0.4, 0.5) is 0 Å². The second kappa shape index (κ2) is 7.88. The van der Waals surface area contributed by atoms with Gasteiger partial charge in [0.1, 0.15) is 11.5 Å². The largest absolute Gasteiger partial charge is 0.497 e. The molecule has 0 N–H and O–H groups in total. The highest BCUT2D eigenvalue weighted by Gasteiger charge is 2.08. The van der Waals surface area contributed by atoms with Gasteiger partial charge in [-0.3, -0.25) is 0 Å². The Hall–Kier alpha value is -2.47. The van der Waals surface area contributed by atoms with Crippen LogP contribution in [0.5, 0.6) is 11.5 Å². The molecule has 6 heteroatoms. The molecule has 24 heavy (non-hydrogen) atoms. The highest BCUT2D eigenvalue weighted by atomic mass is 32.2. The molecule has 1 aromatic heterocycles. The Labute approximate surface area is 145 Å². The molecule has 3 rings (SSSR count). The fourth-order valence-corrected chi connectivity index (χ4v) is 2.74. The molecule has 0 spiro atoms. The van der Waals surface area contributed by atoms with Crippen LogP contribution in [0, 0.1) is 6.92 Å². The second-order valence-corrected chi connectivity index (χ2v) is 6.13. The number of aryl methyl sites for hydroxylation is 1. The van der Waals surface area contributed by atoms with Crippen molar-refractivity contribution in [3.63, 3.8) is 0 Å². The van der Waals surface area contributed by atoms with E-state index in [2.05, 4.69) is 41.4 Å². The summed E-state index contributed by atoms with van der Waals surface area (Å²) in [6.07, 6.45) is 0. The van der Waals surface area contributed by atoms with Gasteiger partial charge in [0.25, 0.3) is 11.1 Å². The summed E-state index contributed by atoms with van der Waals surface area (Å²) in [7, 11) is 1.63. The first-order valence-corrected chi connectivity index (χ1v) is 8.49. The van der Waals surface area contributed by atoms with E-state index in [0.29, 0.717) is 11.1 Å². The van der Waals surface area contributed by atoms with Gasteiger partial charge in [0, 0.05) is 5.75 Å². The summed E-state index contributed by atoms with van der Waals surface area (Å²) in [5.41, 5.74) is 2.47. The van der Waals surface area contributed by atoms with Gasteiger partial charge < -0.3 is 13.9 Å². The SMILES string of the molecule is COc1ccc(OCc2nnc(SCc3ccc(C)cc3)o2)cc1. The first kappa shape index (κ1) is 16.4. The Bertz CT molecular complexity index is 770. The van der Waals surface area contributed by atoms with E-state index < -0.39 is 0 Å². The summed E-state index contributed by atoms with van der Waals surface area (Å²) in [6, 6.07) is 15.7. The monoisotopic (exact) mass is 342 g/mol. The van der Waals surface area contributed by atoms with Crippen LogP contribution < -0.4 is 9.47 Å². The zero-order chi connectivity index (χ0) is 16.8. The Balaban J connectivity index is 1.50. The van der Waals surface area contributed by atoms with Crippen molar-refractivity contribution < 1.29 is 13.9 Å². The van der Waals surface area contributed by atoms with Gasteiger partial charge in [-0.1, -0.05) is 41.6 Å². The van der Waals surface area contributed by atoms with Crippen LogP contribution in [0.3, 0.4) is 0 Å². The van der Waals surface area contributed by atoms with Crippen molar-refractivity contribution in [3.05, 3.63) is 65.5 Å². The van der Waals surface area contributed by atoms with Crippen LogP contribution in [0.1, 0.15) is 17.0 Å². The third-order valence-corrected chi connectivity index (χ3v) is 4.24. The minimum absolute atomic E-state index is 0.240. The van der Waals surface area contributed by atoms with Crippen molar-refractivity contribution in [1.82, 2.24) is 10.2 Å². The summed E-state index contributed by atoms with van der Waals surface area (Å²) in [6.45, 7) is 2.31. The number of benzene rings is 2. The third kappa shape index (κ3) is 4.52. The Morgan fingerprint density at radius 2 is 1.67 bits per heavy atom. The molecule has 0 aliphatic heterocycles. The number of hydrogen-bond donors (Lipinski definition) is 0. The highest BCUT2D eigenvalue weighted by Crippen LogP contribution is 2.22. The lowest BCUT2D eigenvalue weighted by atomic mass is 10.2. The maximum Gasteiger partial charge on any atom is 0.277 e. The Kier molecular flexibility index (Phi) is 5.38. The molecular formula is C18H18N2O3S. The number of thioether (sulfide) groups is 1. The van der Waals surface area contributed by atoms with E-state index in [0.717, 1.165) is 17.3 Å². The van der Waals surface area contributed by atoms with Gasteiger partial charge in [-0.2, -0.15) is 0 Å². The van der Waals surface area contributed by atoms with Crippen molar-refractivity contribution in [2.24, 2.45) is 0 Å². The average molecular weight is 342 g/mol. The van der Waals surface area contributed by atoms with E-state index in [9.17, 15) is 0 Å². The van der Waals surface area contributed by atoms with Crippen molar-refractivity contribution >= 4 is 11.8 Å². The van der Waals surface area contributed by atoms with E-state index in [4.69, 9.17) is 13.9 Å². The molecule has 0 radical (unpaired) electrons. The molecular weight excluding hydrogens is 324 g/mol. The smallest absolute Gasteiger partial charge is 0.277 e. The van der Waals surface area contributed by atoms with Crippen molar-refractivity contribution in [2.75, 3.05) is 7.11 Å². The lowest BCUT2D eigenvalue weighted by Gasteiger charge is -2.04. The van der Waals surface area contributed by atoms with Gasteiger partial charge in [0.05, 0.1) is 7.11 Å². The van der Waals surface area contributed by atoms with E-state index in [1.165, 1.54) is 22.9 Å². The molecule has 3 aromatic rings. The summed E-state index contributed by atoms with van der Waals surface area (Å²) in [5, 5.41) is 8.58. The lowest BCUT2D eigenvalue weighted by molar-refractivity contribution is 0.252. The normalized spacial score (nSPS) is 10.6. The fraction of sp³-hybridized carbons (Fsp3) is 0.222. The number of methoxy groups -OCH3 is 1. The summed E-state index contributed by atoms with van der Waals surface area (Å²) in [5.74, 6) is 2.76. The molecule has 0 bridgehead atoms. The van der Waals surface area contributed by atoms with Crippen LogP contribution in [-0.2, 0) is 12.4 Å². The van der Waals surface area contributed by atoms with Gasteiger partial charge in [0.2, 0.25) is 0 Å². The van der Waals surface area contributed by atoms with Gasteiger partial charge >= 0.3 is 0 Å². The number of ether oxygens (including phenoxy) is 2. The van der Waals surface area contributed by atoms with Gasteiger partial charge in [-0.05, 0) is 36.8 Å². The third-order valence-electron chi connectivity index (χ3n) is 3.35. The quantitative estimate of drug-likeness (QED) is 0.598. The number of rotatable bonds is 7. The molecule has 5 nitrogen and oxygen atoms in total. The number of nitrogens with zero attached hydrogens (tertiary/aromatic N) is 2. The van der Waals surface area contributed by atoms with Crippen LogP contribution in [0.15, 0.2) is 58.2 Å². The van der Waals surface area contributed by atoms with Gasteiger partial charge in [-0.15, -0.1) is 10.2 Å². The Morgan fingerprint density at radius 1 is 0.958 bits per heavy atom. The van der Waals surface area contributed by atoms with E-state index >= 15 is 0 Å². The molecule has 2 aromatic carbocycles. The first-order chi connectivity index (χ1) is 11.7. The molecule has 0 aliphatic rings. The molecule has 0 saturated carbocycles. The van der Waals surface area contributed by atoms with Crippen molar-refractivity contribution in [3.8, 4) is 11.5 Å². The van der Waals surface area contributed by atoms with Gasteiger partial charge in [-0.25, -0.2) is 0 Å². The van der Waals surface area contributed by atoms with Gasteiger partial charge in [0.15, 0.2) is 6.61 Å². The molecule has 0 fully saturated rings. The highest BCUT2D eigenvalue weighted by molar-refractivity contribution is 7.98. The molecule has 0 aliphatic carbocycles. The van der Waals surface area contributed by atoms with Crippen LogP contribution in [0.2, 0.25) is 0 Å². The predicted octanol–water partition coefficient (Wildman–Crippen LogP) is 4.26. The lowest BCUT2D eigenvalue weighted by Crippen LogP contribution is -1.95. The zero-order valence-electron chi connectivity index (χ0n) is 13.6. The first-order valence-electron chi connectivity index (χ1n) is 7.50. The minimum Gasteiger partial charge on any atom is -0.497 e. The summed E-state index contributed by atoms with van der Waals surface area (Å²) >= 11 is 1.51. The molecule has 124 valence electrons. The molecule has 1 heterocycles. The maximum atomic E-state index is 5.62. The predicted molar refractivity (Wildman–Crippen MR) is 92.4 cm³/mol. The molecule has 0 unspecified atom stereocenters. The second-order valence-electron chi connectivity index (χ2n) is 5.20. The van der Waals surface area contributed by atoms with E-state index in [1.807, 2.05) is 24.3 Å². The average Bonchev–Trinajstić information content (AvgIpc) is 3.08. The zero-order valence-corrected chi connectivity index (χ0v) is 14.4. The number of hydrogen-bond acceptors (Lipinski definition) is 6. The minimum atomic E-state index is 0.240. The molecule has 0 saturated heterocycles. The molecule has 0 atom stereocenters. The maximum absolute atomic E-state index is 5.62. The fourth-order valence-electron chi connectivity index (χ4n) is 2.00. The standard InChI is InChI=1S/C18H18N2O3S/c1-13-3-5-14(6-4-13)12-24-18-20-19-17(23-18)11-22-16-9-7-15(21-2)8-10-16/h3-10H,11-12H2,1-2H3. The number of aromatic nitrogens is 2. The van der Waals surface area contributed by atoms with E-state index in [1.54, 1.807) is 7.11 Å². The van der Waals surface area contributed by atoms with Crippen molar-refractivity contribution in [2.45, 2.75) is 24.5 Å². The molecule has 0 amide bonds. The van der Waals surface area contributed by atoms with Crippen LogP contribution in [-0.4, -0.2) is 17.3 Å². The van der Waals surface area contributed by atoms with Crippen LogP contribution in [0.25, 0.3) is 0 Å². The van der Waals surface area contributed by atoms with Crippen molar-refractivity contribution in [1.29, 1.82) is 0 Å².